The van der Waals surface area contributed by atoms with Crippen molar-refractivity contribution in [2.75, 3.05) is 19.7 Å². The van der Waals surface area contributed by atoms with Gasteiger partial charge in [-0.25, -0.2) is 4.57 Å². The number of unbranched alkanes of at least 4 members (excludes halogenated alkanes) is 13. The number of nitrogens with one attached hydrogen (secondary N) is 1. The highest BCUT2D eigenvalue weighted by atomic mass is 31.2. The van der Waals surface area contributed by atoms with Gasteiger partial charge in [-0.2, -0.15) is 0 Å². The van der Waals surface area contributed by atoms with E-state index in [1.807, 2.05) is 0 Å². The van der Waals surface area contributed by atoms with Crippen LogP contribution in [-0.4, -0.2) is 29.5 Å². The first-order valence-electron chi connectivity index (χ1n) is 10.9. The molecule has 0 saturated heterocycles. The van der Waals surface area contributed by atoms with Gasteiger partial charge in [-0.15, -0.1) is 0 Å². The summed E-state index contributed by atoms with van der Waals surface area (Å²) in [5, 5.41) is 3.11. The minimum atomic E-state index is -4.25. The molecule has 0 aliphatic carbocycles. The lowest BCUT2D eigenvalue weighted by molar-refractivity contribution is 0.193. The molecule has 0 spiro atoms. The second-order valence-electron chi connectivity index (χ2n) is 6.88. The summed E-state index contributed by atoms with van der Waals surface area (Å²) in [4.78, 5) is 17.0. The van der Waals surface area contributed by atoms with Crippen LogP contribution in [0.4, 0.5) is 0 Å². The Morgan fingerprint density at radius 1 is 0.654 bits per heavy atom. The Kier molecular flexibility index (Phi) is 25.1. The van der Waals surface area contributed by atoms with Crippen LogP contribution in [0.5, 0.6) is 0 Å². The molecule has 0 bridgehead atoms. The Balaban J connectivity index is 0. The molecular weight excluding hydrogens is 349 g/mol. The zero-order valence-electron chi connectivity index (χ0n) is 17.7. The second-order valence-corrected chi connectivity index (χ2v) is 8.12. The average molecular weight is 396 g/mol. The molecule has 0 radical (unpaired) electrons. The van der Waals surface area contributed by atoms with E-state index in [0.717, 1.165) is 32.4 Å². The summed E-state index contributed by atoms with van der Waals surface area (Å²) in [5.74, 6) is 0. The van der Waals surface area contributed by atoms with Gasteiger partial charge in [-0.3, -0.25) is 4.52 Å². The lowest BCUT2D eigenvalue weighted by atomic mass is 10.0. The smallest absolute Gasteiger partial charge is 0.317 e. The van der Waals surface area contributed by atoms with Gasteiger partial charge in [0.25, 0.3) is 0 Å². The maximum Gasteiger partial charge on any atom is 0.469 e. The van der Waals surface area contributed by atoms with Crippen LogP contribution in [0.25, 0.3) is 0 Å². The lowest BCUT2D eigenvalue weighted by Crippen LogP contribution is -2.09. The fourth-order valence-corrected chi connectivity index (χ4v) is 3.10. The molecule has 0 aromatic heterocycles. The van der Waals surface area contributed by atoms with E-state index in [9.17, 15) is 4.57 Å². The maximum absolute atomic E-state index is 10.4. The zero-order valence-corrected chi connectivity index (χ0v) is 18.6. The molecule has 0 saturated carbocycles. The van der Waals surface area contributed by atoms with E-state index < -0.39 is 7.82 Å². The maximum atomic E-state index is 10.4. The molecule has 6 heteroatoms. The molecule has 0 aromatic carbocycles. The third-order valence-corrected chi connectivity index (χ3v) is 4.78. The summed E-state index contributed by atoms with van der Waals surface area (Å²) in [5.41, 5.74) is 0. The third-order valence-electron chi connectivity index (χ3n) is 4.26. The topological polar surface area (TPSA) is 78.8 Å². The first-order chi connectivity index (χ1) is 12.5. The van der Waals surface area contributed by atoms with Gasteiger partial charge in [0, 0.05) is 0 Å². The van der Waals surface area contributed by atoms with Crippen molar-refractivity contribution in [3.05, 3.63) is 0 Å². The molecule has 0 amide bonds. The van der Waals surface area contributed by atoms with Gasteiger partial charge in [0.1, 0.15) is 0 Å². The lowest BCUT2D eigenvalue weighted by Gasteiger charge is -2.05. The molecule has 26 heavy (non-hydrogen) atoms. The fourth-order valence-electron chi connectivity index (χ4n) is 2.73. The Bertz CT molecular complexity index is 296. The molecule has 0 rings (SSSR count). The highest BCUT2D eigenvalue weighted by molar-refractivity contribution is 7.46. The van der Waals surface area contributed by atoms with Crippen LogP contribution in [0.15, 0.2) is 0 Å². The normalized spacial score (nSPS) is 11.3. The predicted molar refractivity (Wildman–Crippen MR) is 113 cm³/mol. The molecule has 0 unspecified atom stereocenters. The molecule has 0 aliphatic heterocycles. The van der Waals surface area contributed by atoms with E-state index in [1.165, 1.54) is 70.6 Å². The van der Waals surface area contributed by atoms with E-state index in [4.69, 9.17) is 9.79 Å². The van der Waals surface area contributed by atoms with E-state index in [-0.39, 0.29) is 6.61 Å². The molecule has 0 aromatic rings. The monoisotopic (exact) mass is 395 g/mol. The predicted octanol–water partition coefficient (Wildman–Crippen LogP) is 6.19. The number of hydrogen-bond donors (Lipinski definition) is 3. The standard InChI is InChI=1S/C16H35O4P.C4H11N/c1-2-3-4-5-6-7-8-9-10-11-12-13-14-15-16-20-21(17,18)19;1-3-5-4-2/h2-16H2,1H3,(H2,17,18,19);5H,3-4H2,1-2H3. The first-order valence-corrected chi connectivity index (χ1v) is 12.4. The molecule has 3 N–H and O–H groups in total. The second kappa shape index (κ2) is 23.1. The van der Waals surface area contributed by atoms with Crippen molar-refractivity contribution in [2.24, 2.45) is 0 Å². The SMILES string of the molecule is CCCCCCCCCCCCCCCCOP(=O)(O)O.CCNCC. The molecule has 0 heterocycles. The van der Waals surface area contributed by atoms with E-state index in [2.05, 4.69) is 30.6 Å². The quantitative estimate of drug-likeness (QED) is 0.190. The minimum absolute atomic E-state index is 0.169. The Hall–Kier alpha value is 0.0700. The number of phosphoric ester groups is 1. The minimum Gasteiger partial charge on any atom is -0.317 e. The Morgan fingerprint density at radius 3 is 1.27 bits per heavy atom. The molecular formula is C20H46NO4P. The number of phosphoric acid groups is 1. The highest BCUT2D eigenvalue weighted by Crippen LogP contribution is 2.35. The van der Waals surface area contributed by atoms with Gasteiger partial charge >= 0.3 is 7.82 Å². The molecule has 160 valence electrons. The summed E-state index contributed by atoms with van der Waals surface area (Å²) >= 11 is 0. The van der Waals surface area contributed by atoms with Gasteiger partial charge in [0.15, 0.2) is 0 Å². The summed E-state index contributed by atoms with van der Waals surface area (Å²) in [7, 11) is -4.25. The van der Waals surface area contributed by atoms with Crippen LogP contribution >= 0.6 is 7.82 Å². The van der Waals surface area contributed by atoms with Crippen molar-refractivity contribution in [2.45, 2.75) is 111 Å². The van der Waals surface area contributed by atoms with Crippen molar-refractivity contribution in [3.63, 3.8) is 0 Å². The average Bonchev–Trinajstić information content (AvgIpc) is 2.58. The third kappa shape index (κ3) is 31.8. The number of hydrogen-bond acceptors (Lipinski definition) is 3. The summed E-state index contributed by atoms with van der Waals surface area (Å²) in [6.45, 7) is 8.81. The van der Waals surface area contributed by atoms with Crippen LogP contribution in [-0.2, 0) is 9.09 Å². The van der Waals surface area contributed by atoms with Gasteiger partial charge in [0.2, 0.25) is 0 Å². The number of rotatable bonds is 18. The fraction of sp³-hybridized carbons (Fsp3) is 1.00. The molecule has 0 fully saturated rings. The van der Waals surface area contributed by atoms with Crippen molar-refractivity contribution < 1.29 is 18.9 Å². The molecule has 0 aliphatic rings. The Labute approximate surface area is 162 Å². The summed E-state index contributed by atoms with van der Waals surface area (Å²) in [6.07, 6.45) is 17.8. The van der Waals surface area contributed by atoms with Crippen LogP contribution in [0, 0.1) is 0 Å². The first kappa shape index (κ1) is 28.3. The van der Waals surface area contributed by atoms with Crippen LogP contribution in [0.3, 0.4) is 0 Å². The zero-order chi connectivity index (χ0) is 19.9. The van der Waals surface area contributed by atoms with Crippen molar-refractivity contribution in [3.8, 4) is 0 Å². The van der Waals surface area contributed by atoms with Crippen molar-refractivity contribution >= 4 is 7.82 Å². The van der Waals surface area contributed by atoms with Gasteiger partial charge in [-0.1, -0.05) is 104 Å². The summed E-state index contributed by atoms with van der Waals surface area (Å²) < 4.78 is 14.8. The van der Waals surface area contributed by atoms with Gasteiger partial charge in [-0.05, 0) is 19.5 Å². The Morgan fingerprint density at radius 2 is 1.00 bits per heavy atom. The van der Waals surface area contributed by atoms with E-state index >= 15 is 0 Å². The van der Waals surface area contributed by atoms with Gasteiger partial charge < -0.3 is 15.1 Å². The van der Waals surface area contributed by atoms with Crippen molar-refractivity contribution in [1.82, 2.24) is 5.32 Å². The van der Waals surface area contributed by atoms with Crippen LogP contribution in [0.2, 0.25) is 0 Å². The van der Waals surface area contributed by atoms with Crippen LogP contribution < -0.4 is 5.32 Å². The van der Waals surface area contributed by atoms with E-state index in [0.29, 0.717) is 0 Å². The van der Waals surface area contributed by atoms with Crippen molar-refractivity contribution in [1.29, 1.82) is 0 Å². The largest absolute Gasteiger partial charge is 0.469 e. The summed E-state index contributed by atoms with van der Waals surface area (Å²) in [6, 6.07) is 0. The highest BCUT2D eigenvalue weighted by Gasteiger charge is 2.12. The van der Waals surface area contributed by atoms with Gasteiger partial charge in [0.05, 0.1) is 6.61 Å². The molecule has 5 nitrogen and oxygen atoms in total. The van der Waals surface area contributed by atoms with Crippen LogP contribution in [0.1, 0.15) is 111 Å². The molecule has 0 atom stereocenters. The van der Waals surface area contributed by atoms with E-state index in [1.54, 1.807) is 0 Å².